The Bertz CT molecular complexity index is 492. The lowest BCUT2D eigenvalue weighted by Gasteiger charge is -2.13. The molecule has 0 fully saturated rings. The van der Waals surface area contributed by atoms with Gasteiger partial charge in [-0.1, -0.05) is 42.5 Å². The molecule has 0 heterocycles. The second-order valence-electron chi connectivity index (χ2n) is 4.11. The molecule has 2 nitrogen and oxygen atoms in total. The molecule has 0 amide bonds. The zero-order valence-electron chi connectivity index (χ0n) is 10.8. The number of para-hydroxylation sites is 1. The highest BCUT2D eigenvalue weighted by Crippen LogP contribution is 2.31. The zero-order chi connectivity index (χ0) is 12.8. The summed E-state index contributed by atoms with van der Waals surface area (Å²) in [6.45, 7) is 5.21. The van der Waals surface area contributed by atoms with Gasteiger partial charge in [0, 0.05) is 0 Å². The van der Waals surface area contributed by atoms with E-state index in [1.165, 1.54) is 0 Å². The van der Waals surface area contributed by atoms with Crippen LogP contribution < -0.4 is 9.47 Å². The van der Waals surface area contributed by atoms with Gasteiger partial charge in [0.15, 0.2) is 11.5 Å². The molecule has 0 aromatic heterocycles. The van der Waals surface area contributed by atoms with Crippen LogP contribution in [0.25, 0.3) is 0 Å². The van der Waals surface area contributed by atoms with Crippen molar-refractivity contribution in [3.63, 3.8) is 0 Å². The second kappa shape index (κ2) is 6.10. The summed E-state index contributed by atoms with van der Waals surface area (Å²) in [6.07, 6.45) is 0. The summed E-state index contributed by atoms with van der Waals surface area (Å²) in [5.74, 6) is 1.65. The number of aryl methyl sites for hydroxylation is 1. The van der Waals surface area contributed by atoms with Crippen LogP contribution in [0.15, 0.2) is 48.5 Å². The maximum absolute atomic E-state index is 5.83. The smallest absolute Gasteiger partial charge is 0.164 e. The minimum absolute atomic E-state index is 0.560. The summed E-state index contributed by atoms with van der Waals surface area (Å²) in [4.78, 5) is 0. The lowest BCUT2D eigenvalue weighted by Crippen LogP contribution is -2.00. The Kier molecular flexibility index (Phi) is 4.24. The summed E-state index contributed by atoms with van der Waals surface area (Å²) < 4.78 is 11.5. The molecular formula is C16H18O2. The molecule has 18 heavy (non-hydrogen) atoms. The number of hydrogen-bond acceptors (Lipinski definition) is 2. The van der Waals surface area contributed by atoms with E-state index >= 15 is 0 Å². The molecule has 94 valence electrons. The number of rotatable bonds is 5. The van der Waals surface area contributed by atoms with E-state index in [1.54, 1.807) is 0 Å². The minimum Gasteiger partial charge on any atom is -0.490 e. The summed E-state index contributed by atoms with van der Waals surface area (Å²) in [5.41, 5.74) is 2.25. The number of hydrogen-bond donors (Lipinski definition) is 0. The molecule has 2 aromatic rings. The first-order valence-electron chi connectivity index (χ1n) is 6.20. The fourth-order valence-electron chi connectivity index (χ4n) is 1.80. The Morgan fingerprint density at radius 2 is 1.67 bits per heavy atom. The van der Waals surface area contributed by atoms with E-state index in [4.69, 9.17) is 9.47 Å². The quantitative estimate of drug-likeness (QED) is 0.789. The van der Waals surface area contributed by atoms with Crippen LogP contribution in [-0.2, 0) is 6.61 Å². The second-order valence-corrected chi connectivity index (χ2v) is 4.11. The lowest BCUT2D eigenvalue weighted by molar-refractivity contribution is 0.268. The molecule has 0 saturated carbocycles. The van der Waals surface area contributed by atoms with Crippen molar-refractivity contribution in [1.29, 1.82) is 0 Å². The maximum Gasteiger partial charge on any atom is 0.164 e. The van der Waals surface area contributed by atoms with Crippen molar-refractivity contribution in [3.05, 3.63) is 59.7 Å². The van der Waals surface area contributed by atoms with E-state index < -0.39 is 0 Å². The summed E-state index contributed by atoms with van der Waals surface area (Å²) in [6, 6.07) is 16.1. The first-order valence-corrected chi connectivity index (χ1v) is 6.20. The molecule has 0 aliphatic rings. The number of benzene rings is 2. The molecule has 0 aliphatic carbocycles. The topological polar surface area (TPSA) is 18.5 Å². The monoisotopic (exact) mass is 242 g/mol. The molecule has 2 heteroatoms. The molecule has 0 radical (unpaired) electrons. The van der Waals surface area contributed by atoms with Gasteiger partial charge in [-0.15, -0.1) is 0 Å². The van der Waals surface area contributed by atoms with Crippen LogP contribution in [0.3, 0.4) is 0 Å². The van der Waals surface area contributed by atoms with Gasteiger partial charge in [0.25, 0.3) is 0 Å². The van der Waals surface area contributed by atoms with Crippen molar-refractivity contribution in [2.24, 2.45) is 0 Å². The lowest BCUT2D eigenvalue weighted by atomic mass is 10.2. The molecule has 0 N–H and O–H groups in total. The Morgan fingerprint density at radius 3 is 2.39 bits per heavy atom. The van der Waals surface area contributed by atoms with Crippen molar-refractivity contribution in [2.45, 2.75) is 20.5 Å². The first kappa shape index (κ1) is 12.5. The summed E-state index contributed by atoms with van der Waals surface area (Å²) >= 11 is 0. The van der Waals surface area contributed by atoms with Crippen LogP contribution in [0.5, 0.6) is 11.5 Å². The summed E-state index contributed by atoms with van der Waals surface area (Å²) in [7, 11) is 0. The van der Waals surface area contributed by atoms with Gasteiger partial charge in [-0.25, -0.2) is 0 Å². The van der Waals surface area contributed by atoms with Gasteiger partial charge in [0.2, 0.25) is 0 Å². The minimum atomic E-state index is 0.560. The van der Waals surface area contributed by atoms with E-state index in [-0.39, 0.29) is 0 Å². The van der Waals surface area contributed by atoms with Crippen LogP contribution in [-0.4, -0.2) is 6.61 Å². The van der Waals surface area contributed by atoms with Gasteiger partial charge in [0.1, 0.15) is 6.61 Å². The molecular weight excluding hydrogens is 224 g/mol. The van der Waals surface area contributed by atoms with Crippen LogP contribution in [0.4, 0.5) is 0 Å². The molecule has 0 unspecified atom stereocenters. The third-order valence-corrected chi connectivity index (χ3v) is 2.70. The summed E-state index contributed by atoms with van der Waals surface area (Å²) in [5, 5.41) is 0. The standard InChI is InChI=1S/C16H18O2/c1-3-17-16-13(2)8-7-11-15(16)18-12-14-9-5-4-6-10-14/h4-11H,3,12H2,1-2H3. The van der Waals surface area contributed by atoms with Gasteiger partial charge < -0.3 is 9.47 Å². The van der Waals surface area contributed by atoms with Crippen molar-refractivity contribution >= 4 is 0 Å². The largest absolute Gasteiger partial charge is 0.490 e. The van der Waals surface area contributed by atoms with E-state index in [9.17, 15) is 0 Å². The average Bonchev–Trinajstić information content (AvgIpc) is 2.41. The van der Waals surface area contributed by atoms with E-state index in [0.29, 0.717) is 13.2 Å². The Labute approximate surface area is 108 Å². The predicted octanol–water partition coefficient (Wildman–Crippen LogP) is 3.97. The fraction of sp³-hybridized carbons (Fsp3) is 0.250. The third-order valence-electron chi connectivity index (χ3n) is 2.70. The SMILES string of the molecule is CCOc1c(C)cccc1OCc1ccccc1. The van der Waals surface area contributed by atoms with Crippen molar-refractivity contribution in [3.8, 4) is 11.5 Å². The third kappa shape index (κ3) is 3.04. The molecule has 2 aromatic carbocycles. The molecule has 2 rings (SSSR count). The Morgan fingerprint density at radius 1 is 0.889 bits per heavy atom. The molecule has 0 aliphatic heterocycles. The predicted molar refractivity (Wildman–Crippen MR) is 73.1 cm³/mol. The van der Waals surface area contributed by atoms with Gasteiger partial charge in [-0.2, -0.15) is 0 Å². The number of ether oxygens (including phenoxy) is 2. The van der Waals surface area contributed by atoms with Crippen LogP contribution in [0.2, 0.25) is 0 Å². The Hall–Kier alpha value is -1.96. The molecule has 0 bridgehead atoms. The average molecular weight is 242 g/mol. The van der Waals surface area contributed by atoms with Crippen molar-refractivity contribution < 1.29 is 9.47 Å². The molecule has 0 atom stereocenters. The normalized spacial score (nSPS) is 10.1. The maximum atomic E-state index is 5.83. The van der Waals surface area contributed by atoms with Crippen molar-refractivity contribution in [2.75, 3.05) is 6.61 Å². The van der Waals surface area contributed by atoms with Crippen LogP contribution in [0, 0.1) is 6.92 Å². The highest BCUT2D eigenvalue weighted by molar-refractivity contribution is 5.46. The van der Waals surface area contributed by atoms with Gasteiger partial charge in [-0.3, -0.25) is 0 Å². The highest BCUT2D eigenvalue weighted by Gasteiger charge is 2.07. The Balaban J connectivity index is 2.11. The van der Waals surface area contributed by atoms with Gasteiger partial charge >= 0.3 is 0 Å². The van der Waals surface area contributed by atoms with Crippen LogP contribution in [0.1, 0.15) is 18.1 Å². The van der Waals surface area contributed by atoms with E-state index in [2.05, 4.69) is 12.1 Å². The van der Waals surface area contributed by atoms with Gasteiger partial charge in [0.05, 0.1) is 6.61 Å². The van der Waals surface area contributed by atoms with E-state index in [0.717, 1.165) is 22.6 Å². The van der Waals surface area contributed by atoms with E-state index in [1.807, 2.05) is 50.2 Å². The van der Waals surface area contributed by atoms with Crippen LogP contribution >= 0.6 is 0 Å². The molecule has 0 saturated heterocycles. The highest BCUT2D eigenvalue weighted by atomic mass is 16.5. The van der Waals surface area contributed by atoms with Crippen molar-refractivity contribution in [1.82, 2.24) is 0 Å². The first-order chi connectivity index (χ1) is 8.81. The molecule has 0 spiro atoms. The zero-order valence-corrected chi connectivity index (χ0v) is 10.8. The fourth-order valence-corrected chi connectivity index (χ4v) is 1.80. The van der Waals surface area contributed by atoms with Gasteiger partial charge in [-0.05, 0) is 31.0 Å².